The van der Waals surface area contributed by atoms with Gasteiger partial charge in [0.1, 0.15) is 10.6 Å². The summed E-state index contributed by atoms with van der Waals surface area (Å²) in [7, 11) is -1.82. The number of hydrazine groups is 1. The third-order valence-electron chi connectivity index (χ3n) is 4.94. The summed E-state index contributed by atoms with van der Waals surface area (Å²) in [6.45, 7) is 0.890. The topological polar surface area (TPSA) is 116 Å². The van der Waals surface area contributed by atoms with E-state index in [4.69, 9.17) is 0 Å². The number of sulfonamides is 1. The van der Waals surface area contributed by atoms with Crippen molar-refractivity contribution in [3.63, 3.8) is 0 Å². The average Bonchev–Trinajstić information content (AvgIpc) is 3.39. The van der Waals surface area contributed by atoms with Crippen LogP contribution in [-0.2, 0) is 17.1 Å². The number of carbonyl (C=O) groups excluding carboxylic acids is 2. The third kappa shape index (κ3) is 3.83. The molecule has 0 radical (unpaired) electrons. The molecule has 0 aliphatic carbocycles. The van der Waals surface area contributed by atoms with Crippen molar-refractivity contribution < 1.29 is 18.0 Å². The van der Waals surface area contributed by atoms with Crippen LogP contribution in [0.15, 0.2) is 47.6 Å². The van der Waals surface area contributed by atoms with Crippen LogP contribution in [-0.4, -0.2) is 58.7 Å². The van der Waals surface area contributed by atoms with Crippen LogP contribution >= 0.6 is 11.8 Å². The maximum atomic E-state index is 12.7. The Morgan fingerprint density at radius 2 is 1.80 bits per heavy atom. The fourth-order valence-electron chi connectivity index (χ4n) is 3.36. The van der Waals surface area contributed by atoms with Gasteiger partial charge in [-0.05, 0) is 12.1 Å². The van der Waals surface area contributed by atoms with Crippen molar-refractivity contribution in [1.82, 2.24) is 24.7 Å². The SMILES string of the molecule is Cn1cc(C(=O)NNC(=O)c2cc(S(=O)(=O)N3CCSCC3)c[nH]2)c2ccccc21. The first-order chi connectivity index (χ1) is 14.4. The number of hydrogen-bond acceptors (Lipinski definition) is 5. The summed E-state index contributed by atoms with van der Waals surface area (Å²) in [6.07, 6.45) is 2.97. The molecule has 0 unspecified atom stereocenters. The highest BCUT2D eigenvalue weighted by Crippen LogP contribution is 2.21. The van der Waals surface area contributed by atoms with E-state index in [-0.39, 0.29) is 10.6 Å². The molecule has 2 amide bonds. The van der Waals surface area contributed by atoms with Crippen LogP contribution in [0.2, 0.25) is 0 Å². The first-order valence-electron chi connectivity index (χ1n) is 9.29. The van der Waals surface area contributed by atoms with E-state index in [0.717, 1.165) is 22.4 Å². The number of carbonyl (C=O) groups is 2. The zero-order valence-corrected chi connectivity index (χ0v) is 17.8. The number of thioether (sulfide) groups is 1. The molecule has 1 saturated heterocycles. The van der Waals surface area contributed by atoms with Crippen LogP contribution in [0, 0.1) is 0 Å². The van der Waals surface area contributed by atoms with E-state index in [0.29, 0.717) is 18.7 Å². The summed E-state index contributed by atoms with van der Waals surface area (Å²) in [6, 6.07) is 8.71. The van der Waals surface area contributed by atoms with Gasteiger partial charge < -0.3 is 9.55 Å². The number of aromatic nitrogens is 2. The van der Waals surface area contributed by atoms with Crippen LogP contribution in [0.25, 0.3) is 10.9 Å². The average molecular weight is 448 g/mol. The van der Waals surface area contributed by atoms with Gasteiger partial charge in [-0.3, -0.25) is 20.4 Å². The Balaban J connectivity index is 1.44. The largest absolute Gasteiger partial charge is 0.356 e. The molecule has 0 bridgehead atoms. The van der Waals surface area contributed by atoms with Crippen molar-refractivity contribution in [2.75, 3.05) is 24.6 Å². The molecule has 30 heavy (non-hydrogen) atoms. The smallest absolute Gasteiger partial charge is 0.286 e. The number of amides is 2. The molecule has 3 heterocycles. The Morgan fingerprint density at radius 1 is 1.10 bits per heavy atom. The molecule has 2 aromatic heterocycles. The highest BCUT2D eigenvalue weighted by atomic mass is 32.2. The molecule has 11 heteroatoms. The maximum Gasteiger partial charge on any atom is 0.286 e. The molecule has 1 aromatic carbocycles. The molecule has 0 saturated carbocycles. The minimum Gasteiger partial charge on any atom is -0.356 e. The Bertz CT molecular complexity index is 1210. The fraction of sp³-hybridized carbons (Fsp3) is 0.263. The first kappa shape index (κ1) is 20.5. The molecular formula is C19H21N5O4S2. The maximum absolute atomic E-state index is 12.7. The van der Waals surface area contributed by atoms with E-state index < -0.39 is 21.8 Å². The molecule has 9 nitrogen and oxygen atoms in total. The second-order valence-corrected chi connectivity index (χ2v) is 10.0. The predicted octanol–water partition coefficient (Wildman–Crippen LogP) is 1.32. The molecule has 1 fully saturated rings. The highest BCUT2D eigenvalue weighted by Gasteiger charge is 2.28. The van der Waals surface area contributed by atoms with Gasteiger partial charge in [-0.2, -0.15) is 16.1 Å². The Morgan fingerprint density at radius 3 is 2.57 bits per heavy atom. The molecule has 158 valence electrons. The summed E-state index contributed by atoms with van der Waals surface area (Å²) in [5.41, 5.74) is 6.06. The lowest BCUT2D eigenvalue weighted by atomic mass is 10.2. The van der Waals surface area contributed by atoms with Crippen molar-refractivity contribution in [1.29, 1.82) is 0 Å². The number of nitrogens with one attached hydrogen (secondary N) is 3. The van der Waals surface area contributed by atoms with E-state index >= 15 is 0 Å². The normalized spacial score (nSPS) is 15.2. The Kier molecular flexibility index (Phi) is 5.58. The van der Waals surface area contributed by atoms with Gasteiger partial charge in [-0.15, -0.1) is 0 Å². The molecule has 1 aliphatic heterocycles. The van der Waals surface area contributed by atoms with Gasteiger partial charge >= 0.3 is 0 Å². The summed E-state index contributed by atoms with van der Waals surface area (Å²) in [5, 5.41) is 0.764. The number of rotatable bonds is 4. The molecule has 3 N–H and O–H groups in total. The second kappa shape index (κ2) is 8.17. The van der Waals surface area contributed by atoms with Crippen LogP contribution < -0.4 is 10.9 Å². The van der Waals surface area contributed by atoms with Crippen LogP contribution in [0.4, 0.5) is 0 Å². The van der Waals surface area contributed by atoms with E-state index in [1.165, 1.54) is 16.6 Å². The first-order valence-corrected chi connectivity index (χ1v) is 11.9. The number of fused-ring (bicyclic) bond motifs is 1. The standard InChI is InChI=1S/C19H21N5O4S2/c1-23-12-15(14-4-2-3-5-17(14)23)18(25)21-22-19(26)16-10-13(11-20-16)30(27,28)24-6-8-29-9-7-24/h2-5,10-12,20H,6-9H2,1H3,(H,21,25)(H,22,26). The van der Waals surface area contributed by atoms with Gasteiger partial charge in [-0.25, -0.2) is 8.42 Å². The summed E-state index contributed by atoms with van der Waals surface area (Å²) >= 11 is 1.71. The lowest BCUT2D eigenvalue weighted by Gasteiger charge is -2.24. The van der Waals surface area contributed by atoms with E-state index in [9.17, 15) is 18.0 Å². The molecule has 0 spiro atoms. The van der Waals surface area contributed by atoms with Gasteiger partial charge in [-0.1, -0.05) is 18.2 Å². The Hall–Kier alpha value is -2.76. The summed E-state index contributed by atoms with van der Waals surface area (Å²) in [4.78, 5) is 27.6. The van der Waals surface area contributed by atoms with Gasteiger partial charge in [0.25, 0.3) is 11.8 Å². The van der Waals surface area contributed by atoms with Gasteiger partial charge in [0, 0.05) is 54.9 Å². The Labute approximate surface area is 177 Å². The summed E-state index contributed by atoms with van der Waals surface area (Å²) < 4.78 is 28.6. The van der Waals surface area contributed by atoms with Crippen molar-refractivity contribution in [2.45, 2.75) is 4.90 Å². The predicted molar refractivity (Wildman–Crippen MR) is 115 cm³/mol. The van der Waals surface area contributed by atoms with Crippen LogP contribution in [0.3, 0.4) is 0 Å². The quantitative estimate of drug-likeness (QED) is 0.522. The minimum absolute atomic E-state index is 0.0277. The van der Waals surface area contributed by atoms with E-state index in [2.05, 4.69) is 15.8 Å². The zero-order valence-electron chi connectivity index (χ0n) is 16.2. The van der Waals surface area contributed by atoms with E-state index in [1.54, 1.807) is 18.0 Å². The fourth-order valence-corrected chi connectivity index (χ4v) is 5.93. The van der Waals surface area contributed by atoms with Crippen LogP contribution in [0.5, 0.6) is 0 Å². The van der Waals surface area contributed by atoms with Gasteiger partial charge in [0.15, 0.2) is 0 Å². The molecule has 1 aliphatic rings. The van der Waals surface area contributed by atoms with Crippen molar-refractivity contribution in [2.24, 2.45) is 7.05 Å². The van der Waals surface area contributed by atoms with Gasteiger partial charge in [0.2, 0.25) is 10.0 Å². The van der Waals surface area contributed by atoms with Crippen LogP contribution in [0.1, 0.15) is 20.8 Å². The van der Waals surface area contributed by atoms with Crippen molar-refractivity contribution in [3.05, 3.63) is 54.0 Å². The van der Waals surface area contributed by atoms with E-state index in [1.807, 2.05) is 35.9 Å². The van der Waals surface area contributed by atoms with Crippen molar-refractivity contribution >= 4 is 44.5 Å². The number of H-pyrrole nitrogens is 1. The zero-order chi connectivity index (χ0) is 21.3. The van der Waals surface area contributed by atoms with Gasteiger partial charge in [0.05, 0.1) is 5.56 Å². The molecule has 3 aromatic rings. The lowest BCUT2D eigenvalue weighted by Crippen LogP contribution is -2.41. The second-order valence-electron chi connectivity index (χ2n) is 6.84. The third-order valence-corrected chi connectivity index (χ3v) is 7.76. The number of aryl methyl sites for hydroxylation is 1. The number of nitrogens with zero attached hydrogens (tertiary/aromatic N) is 2. The van der Waals surface area contributed by atoms with Crippen molar-refractivity contribution in [3.8, 4) is 0 Å². The minimum atomic E-state index is -3.65. The molecule has 4 rings (SSSR count). The molecular weight excluding hydrogens is 426 g/mol. The number of benzene rings is 1. The highest BCUT2D eigenvalue weighted by molar-refractivity contribution is 7.99. The lowest BCUT2D eigenvalue weighted by molar-refractivity contribution is 0.0845. The number of hydrogen-bond donors (Lipinski definition) is 3. The molecule has 0 atom stereocenters. The number of para-hydroxylation sites is 1. The monoisotopic (exact) mass is 447 g/mol. The number of aromatic amines is 1. The summed E-state index contributed by atoms with van der Waals surface area (Å²) in [5.74, 6) is 0.388.